The van der Waals surface area contributed by atoms with E-state index < -0.39 is 21.3 Å². The van der Waals surface area contributed by atoms with Crippen LogP contribution in [-0.4, -0.2) is 20.5 Å². The highest BCUT2D eigenvalue weighted by Crippen LogP contribution is 2.50. The van der Waals surface area contributed by atoms with Gasteiger partial charge in [0.25, 0.3) is 10.0 Å². The number of nitrogens with one attached hydrogen (secondary N) is 1. The normalized spacial score (nSPS) is 32.7. The van der Waals surface area contributed by atoms with Crippen molar-refractivity contribution in [1.29, 1.82) is 0 Å². The van der Waals surface area contributed by atoms with Crippen molar-refractivity contribution in [2.24, 2.45) is 11.3 Å². The largest absolute Gasteiger partial charge is 0.359 e. The summed E-state index contributed by atoms with van der Waals surface area (Å²) in [6.45, 7) is 2.72. The maximum absolute atomic E-state index is 12.9. The summed E-state index contributed by atoms with van der Waals surface area (Å²) in [5, 5.41) is 0. The zero-order valence-electron chi connectivity index (χ0n) is 12.0. The van der Waals surface area contributed by atoms with Gasteiger partial charge in [-0.2, -0.15) is 0 Å². The molecule has 1 aromatic rings. The van der Waals surface area contributed by atoms with Crippen LogP contribution < -0.4 is 4.72 Å². The number of ether oxygens (including phenoxy) is 1. The molecule has 1 aromatic carbocycles. The number of anilines is 1. The van der Waals surface area contributed by atoms with E-state index in [9.17, 15) is 12.8 Å². The van der Waals surface area contributed by atoms with Gasteiger partial charge in [-0.1, -0.05) is 6.92 Å². The monoisotopic (exact) mass is 313 g/mol. The van der Waals surface area contributed by atoms with Crippen molar-refractivity contribution in [3.8, 4) is 0 Å². The number of hydrogen-bond donors (Lipinski definition) is 1. The highest BCUT2D eigenvalue weighted by atomic mass is 32.2. The number of halogens is 1. The van der Waals surface area contributed by atoms with Crippen LogP contribution in [0.3, 0.4) is 0 Å². The van der Waals surface area contributed by atoms with E-state index in [2.05, 4.69) is 11.6 Å². The average molecular weight is 313 g/mol. The minimum Gasteiger partial charge on any atom is -0.359 e. The first-order valence-corrected chi connectivity index (χ1v) is 8.85. The van der Waals surface area contributed by atoms with E-state index in [0.717, 1.165) is 25.7 Å². The maximum atomic E-state index is 12.9. The molecule has 2 fully saturated rings. The molecule has 2 aliphatic rings. The van der Waals surface area contributed by atoms with Gasteiger partial charge in [0.15, 0.2) is 5.44 Å². The Morgan fingerprint density at radius 3 is 2.38 bits per heavy atom. The predicted molar refractivity (Wildman–Crippen MR) is 78.7 cm³/mol. The molecule has 0 bridgehead atoms. The molecule has 1 saturated heterocycles. The van der Waals surface area contributed by atoms with Crippen molar-refractivity contribution in [2.45, 2.75) is 38.0 Å². The second-order valence-corrected chi connectivity index (χ2v) is 8.06. The first-order chi connectivity index (χ1) is 9.91. The molecule has 1 heterocycles. The van der Waals surface area contributed by atoms with Crippen LogP contribution in [0.5, 0.6) is 0 Å². The molecule has 1 atom stereocenters. The van der Waals surface area contributed by atoms with Crippen molar-refractivity contribution in [2.75, 3.05) is 11.3 Å². The topological polar surface area (TPSA) is 55.4 Å². The quantitative estimate of drug-likeness (QED) is 0.933. The van der Waals surface area contributed by atoms with Crippen LogP contribution in [0.4, 0.5) is 10.1 Å². The summed E-state index contributed by atoms with van der Waals surface area (Å²) < 4.78 is 45.8. The lowest BCUT2D eigenvalue weighted by molar-refractivity contribution is -0.162. The summed E-state index contributed by atoms with van der Waals surface area (Å²) in [4.78, 5) is 0. The van der Waals surface area contributed by atoms with Crippen molar-refractivity contribution in [3.05, 3.63) is 30.1 Å². The zero-order chi connectivity index (χ0) is 15.1. The predicted octanol–water partition coefficient (Wildman–Crippen LogP) is 3.12. The Hall–Kier alpha value is -1.14. The molecule has 1 N–H and O–H groups in total. The van der Waals surface area contributed by atoms with Crippen molar-refractivity contribution in [1.82, 2.24) is 0 Å². The van der Waals surface area contributed by atoms with Crippen molar-refractivity contribution >= 4 is 15.7 Å². The molecule has 116 valence electrons. The third kappa shape index (κ3) is 2.79. The van der Waals surface area contributed by atoms with Gasteiger partial charge in [0.1, 0.15) is 5.82 Å². The minimum atomic E-state index is -3.61. The third-order valence-electron chi connectivity index (χ3n) is 4.68. The van der Waals surface area contributed by atoms with E-state index in [1.54, 1.807) is 0 Å². The van der Waals surface area contributed by atoms with E-state index in [4.69, 9.17) is 4.74 Å². The summed E-state index contributed by atoms with van der Waals surface area (Å²) in [6, 6.07) is 5.30. The Morgan fingerprint density at radius 1 is 1.24 bits per heavy atom. The van der Waals surface area contributed by atoms with Gasteiger partial charge >= 0.3 is 0 Å². The molecular formula is C15H20FNO3S. The molecule has 0 radical (unpaired) electrons. The van der Waals surface area contributed by atoms with Gasteiger partial charge in [-0.25, -0.2) is 12.8 Å². The van der Waals surface area contributed by atoms with Gasteiger partial charge in [-0.3, -0.25) is 4.72 Å². The highest BCUT2D eigenvalue weighted by molar-refractivity contribution is 7.93. The van der Waals surface area contributed by atoms with E-state index in [1.807, 2.05) is 0 Å². The molecule has 4 nitrogen and oxygen atoms in total. The Kier molecular flexibility index (Phi) is 3.69. The van der Waals surface area contributed by atoms with Crippen LogP contribution in [-0.2, 0) is 14.8 Å². The molecule has 1 aliphatic heterocycles. The summed E-state index contributed by atoms with van der Waals surface area (Å²) in [7, 11) is -3.61. The van der Waals surface area contributed by atoms with Gasteiger partial charge in [-0.15, -0.1) is 0 Å². The fourth-order valence-corrected chi connectivity index (χ4v) is 5.04. The smallest absolute Gasteiger partial charge is 0.260 e. The Bertz CT molecular complexity index is 606. The van der Waals surface area contributed by atoms with Gasteiger partial charge in [0.05, 0.1) is 6.61 Å². The molecule has 6 heteroatoms. The summed E-state index contributed by atoms with van der Waals surface area (Å²) in [5.41, 5.74) is -0.660. The number of hydrogen-bond acceptors (Lipinski definition) is 3. The molecule has 3 rings (SSSR count). The van der Waals surface area contributed by atoms with Crippen molar-refractivity contribution in [3.63, 3.8) is 0 Å². The van der Waals surface area contributed by atoms with Crippen LogP contribution in [0, 0.1) is 17.2 Å². The third-order valence-corrected chi connectivity index (χ3v) is 6.40. The van der Waals surface area contributed by atoms with E-state index in [-0.39, 0.29) is 5.41 Å². The first kappa shape index (κ1) is 14.8. The van der Waals surface area contributed by atoms with Gasteiger partial charge in [-0.05, 0) is 55.9 Å². The van der Waals surface area contributed by atoms with Crippen LogP contribution in [0.15, 0.2) is 24.3 Å². The number of sulfonamides is 1. The lowest BCUT2D eigenvalue weighted by Gasteiger charge is -2.51. The van der Waals surface area contributed by atoms with E-state index >= 15 is 0 Å². The minimum absolute atomic E-state index is 0.238. The van der Waals surface area contributed by atoms with Crippen LogP contribution in [0.1, 0.15) is 32.6 Å². The Balaban J connectivity index is 1.74. The van der Waals surface area contributed by atoms with E-state index in [1.165, 1.54) is 24.3 Å². The highest BCUT2D eigenvalue weighted by Gasteiger charge is 2.55. The summed E-state index contributed by atoms with van der Waals surface area (Å²) >= 11 is 0. The molecular weight excluding hydrogens is 293 g/mol. The SMILES string of the molecule is CC1CCC2(CC1)COC2S(=O)(=O)Nc1ccc(F)cc1. The second-order valence-electron chi connectivity index (χ2n) is 6.34. The molecule has 1 saturated carbocycles. The second kappa shape index (κ2) is 5.25. The first-order valence-electron chi connectivity index (χ1n) is 7.30. The zero-order valence-corrected chi connectivity index (χ0v) is 12.8. The van der Waals surface area contributed by atoms with E-state index in [0.29, 0.717) is 18.2 Å². The molecule has 1 spiro atoms. The molecule has 0 amide bonds. The summed E-state index contributed by atoms with van der Waals surface area (Å²) in [5.74, 6) is 0.264. The van der Waals surface area contributed by atoms with Crippen LogP contribution in [0.25, 0.3) is 0 Å². The molecule has 0 aromatic heterocycles. The standard InChI is InChI=1S/C15H20FNO3S/c1-11-6-8-15(9-7-11)10-20-14(15)21(18,19)17-13-4-2-12(16)3-5-13/h2-5,11,14,17H,6-10H2,1H3. The fourth-order valence-electron chi connectivity index (χ4n) is 3.26. The van der Waals surface area contributed by atoms with Gasteiger partial charge < -0.3 is 4.74 Å². The van der Waals surface area contributed by atoms with Gasteiger partial charge in [0.2, 0.25) is 0 Å². The van der Waals surface area contributed by atoms with Crippen LogP contribution >= 0.6 is 0 Å². The lowest BCUT2D eigenvalue weighted by atomic mass is 9.69. The molecule has 1 aliphatic carbocycles. The number of rotatable bonds is 3. The molecule has 1 unspecified atom stereocenters. The fraction of sp³-hybridized carbons (Fsp3) is 0.600. The van der Waals surface area contributed by atoms with Crippen LogP contribution in [0.2, 0.25) is 0 Å². The van der Waals surface area contributed by atoms with Gasteiger partial charge in [0, 0.05) is 11.1 Å². The maximum Gasteiger partial charge on any atom is 0.260 e. The average Bonchev–Trinajstić information content (AvgIpc) is 2.40. The lowest BCUT2D eigenvalue weighted by Crippen LogP contribution is -2.58. The van der Waals surface area contributed by atoms with Crippen molar-refractivity contribution < 1.29 is 17.5 Å². The molecule has 21 heavy (non-hydrogen) atoms. The number of benzene rings is 1. The Labute approximate surface area is 124 Å². The summed E-state index contributed by atoms with van der Waals surface area (Å²) in [6.07, 6.45) is 3.88. The Morgan fingerprint density at radius 2 is 1.86 bits per heavy atom.